The third-order valence-corrected chi connectivity index (χ3v) is 6.09. The number of carbonyl (C=O) groups is 1. The summed E-state index contributed by atoms with van der Waals surface area (Å²) in [5.74, 6) is 0.0698. The van der Waals surface area contributed by atoms with Crippen molar-refractivity contribution >= 4 is 21.8 Å². The number of hydrogen-bond acceptors (Lipinski definition) is 3. The summed E-state index contributed by atoms with van der Waals surface area (Å²) in [6, 6.07) is 7.83. The van der Waals surface area contributed by atoms with Gasteiger partial charge < -0.3 is 4.90 Å². The third-order valence-electron chi connectivity index (χ3n) is 4.51. The Balaban J connectivity index is 1.58. The molecule has 0 saturated carbocycles. The summed E-state index contributed by atoms with van der Waals surface area (Å²) >= 11 is 0. The van der Waals surface area contributed by atoms with E-state index < -0.39 is 10.2 Å². The van der Waals surface area contributed by atoms with E-state index in [0.29, 0.717) is 32.6 Å². The van der Waals surface area contributed by atoms with Gasteiger partial charge in [-0.05, 0) is 37.8 Å². The van der Waals surface area contributed by atoms with Crippen LogP contribution >= 0.6 is 0 Å². The van der Waals surface area contributed by atoms with Gasteiger partial charge >= 0.3 is 0 Å². The van der Waals surface area contributed by atoms with Gasteiger partial charge in [0, 0.05) is 38.3 Å². The van der Waals surface area contributed by atoms with E-state index in [2.05, 4.69) is 4.72 Å². The number of anilines is 1. The second-order valence-corrected chi connectivity index (χ2v) is 8.12. The van der Waals surface area contributed by atoms with Crippen molar-refractivity contribution in [2.45, 2.75) is 26.2 Å². The first-order valence-electron chi connectivity index (χ1n) is 8.07. The molecule has 1 atom stereocenters. The topological polar surface area (TPSA) is 69.7 Å². The Kier molecular flexibility index (Phi) is 4.70. The first kappa shape index (κ1) is 16.4. The molecule has 1 aromatic carbocycles. The highest BCUT2D eigenvalue weighted by Gasteiger charge is 2.32. The number of carbonyl (C=O) groups excluding carboxylic acids is 1. The molecule has 0 aliphatic carbocycles. The predicted molar refractivity (Wildman–Crippen MR) is 89.4 cm³/mol. The molecule has 0 bridgehead atoms. The zero-order chi connectivity index (χ0) is 16.4. The summed E-state index contributed by atoms with van der Waals surface area (Å²) < 4.78 is 28.5. The number of hydrogen-bond donors (Lipinski definition) is 1. The average Bonchev–Trinajstić information content (AvgIpc) is 3.16. The molecule has 2 aliphatic rings. The molecular weight excluding hydrogens is 314 g/mol. The van der Waals surface area contributed by atoms with Crippen molar-refractivity contribution in [2.75, 3.05) is 31.1 Å². The summed E-state index contributed by atoms with van der Waals surface area (Å²) in [5.41, 5.74) is 2.03. The lowest BCUT2D eigenvalue weighted by atomic mass is 10.1. The van der Waals surface area contributed by atoms with Crippen LogP contribution in [0.4, 0.5) is 5.69 Å². The van der Waals surface area contributed by atoms with E-state index in [1.54, 1.807) is 4.90 Å². The average molecular weight is 337 g/mol. The SMILES string of the molecule is Cc1ccc(N2CC(CNS(=O)(=O)N3CCCC3)CC2=O)cc1. The first-order chi connectivity index (χ1) is 11.0. The van der Waals surface area contributed by atoms with E-state index >= 15 is 0 Å². The standard InChI is InChI=1S/C16H23N3O3S/c1-13-4-6-15(7-5-13)19-12-14(10-16(19)20)11-17-23(21,22)18-8-2-3-9-18/h4-7,14,17H,2-3,8-12H2,1H3. The van der Waals surface area contributed by atoms with Gasteiger partial charge in [-0.2, -0.15) is 12.7 Å². The predicted octanol–water partition coefficient (Wildman–Crippen LogP) is 1.28. The third kappa shape index (κ3) is 3.73. The zero-order valence-corrected chi connectivity index (χ0v) is 14.2. The van der Waals surface area contributed by atoms with E-state index in [0.717, 1.165) is 24.1 Å². The van der Waals surface area contributed by atoms with E-state index in [1.165, 1.54) is 4.31 Å². The quantitative estimate of drug-likeness (QED) is 0.880. The Hall–Kier alpha value is -1.44. The molecule has 1 unspecified atom stereocenters. The van der Waals surface area contributed by atoms with Crippen LogP contribution < -0.4 is 9.62 Å². The lowest BCUT2D eigenvalue weighted by Crippen LogP contribution is -2.41. The summed E-state index contributed by atoms with van der Waals surface area (Å²) in [6.07, 6.45) is 2.23. The molecule has 3 rings (SSSR count). The molecule has 1 amide bonds. The molecule has 2 aliphatic heterocycles. The molecule has 7 heteroatoms. The highest BCUT2D eigenvalue weighted by Crippen LogP contribution is 2.25. The van der Waals surface area contributed by atoms with Gasteiger partial charge in [0.2, 0.25) is 5.91 Å². The van der Waals surface area contributed by atoms with Crippen LogP contribution in [0.1, 0.15) is 24.8 Å². The van der Waals surface area contributed by atoms with Gasteiger partial charge in [-0.15, -0.1) is 0 Å². The van der Waals surface area contributed by atoms with Crippen LogP contribution in [0.25, 0.3) is 0 Å². The first-order valence-corrected chi connectivity index (χ1v) is 9.51. The Labute approximate surface area is 137 Å². The van der Waals surface area contributed by atoms with Gasteiger partial charge in [0.25, 0.3) is 10.2 Å². The van der Waals surface area contributed by atoms with Gasteiger partial charge in [0.1, 0.15) is 0 Å². The minimum Gasteiger partial charge on any atom is -0.312 e. The van der Waals surface area contributed by atoms with Crippen LogP contribution in [0.2, 0.25) is 0 Å². The van der Waals surface area contributed by atoms with Crippen LogP contribution in [0.5, 0.6) is 0 Å². The zero-order valence-electron chi connectivity index (χ0n) is 13.4. The van der Waals surface area contributed by atoms with Crippen molar-refractivity contribution in [3.8, 4) is 0 Å². The molecule has 126 valence electrons. The molecule has 1 N–H and O–H groups in total. The van der Waals surface area contributed by atoms with Crippen molar-refractivity contribution in [2.24, 2.45) is 5.92 Å². The Bertz CT molecular complexity index is 666. The fourth-order valence-electron chi connectivity index (χ4n) is 3.14. The Morgan fingerprint density at radius 1 is 1.17 bits per heavy atom. The number of benzene rings is 1. The Morgan fingerprint density at radius 2 is 1.83 bits per heavy atom. The minimum absolute atomic E-state index is 0.0150. The number of amides is 1. The Morgan fingerprint density at radius 3 is 2.48 bits per heavy atom. The van der Waals surface area contributed by atoms with E-state index in [1.807, 2.05) is 31.2 Å². The summed E-state index contributed by atoms with van der Waals surface area (Å²) in [7, 11) is -3.40. The molecule has 2 fully saturated rings. The van der Waals surface area contributed by atoms with Crippen LogP contribution in [0, 0.1) is 12.8 Å². The van der Waals surface area contributed by atoms with Gasteiger partial charge in [-0.25, -0.2) is 4.72 Å². The lowest BCUT2D eigenvalue weighted by molar-refractivity contribution is -0.117. The van der Waals surface area contributed by atoms with Crippen molar-refractivity contribution in [1.29, 1.82) is 0 Å². The monoisotopic (exact) mass is 337 g/mol. The van der Waals surface area contributed by atoms with Crippen molar-refractivity contribution in [3.63, 3.8) is 0 Å². The smallest absolute Gasteiger partial charge is 0.279 e. The second-order valence-electron chi connectivity index (χ2n) is 6.37. The van der Waals surface area contributed by atoms with Gasteiger partial charge in [0.05, 0.1) is 0 Å². The number of nitrogens with zero attached hydrogens (tertiary/aromatic N) is 2. The summed E-state index contributed by atoms with van der Waals surface area (Å²) in [5, 5.41) is 0. The minimum atomic E-state index is -3.40. The van der Waals surface area contributed by atoms with Gasteiger partial charge in [0.15, 0.2) is 0 Å². The lowest BCUT2D eigenvalue weighted by Gasteiger charge is -2.19. The molecule has 6 nitrogen and oxygen atoms in total. The van der Waals surface area contributed by atoms with Crippen LogP contribution in [-0.4, -0.2) is 44.8 Å². The number of rotatable bonds is 5. The maximum absolute atomic E-state index is 12.2. The fraction of sp³-hybridized carbons (Fsp3) is 0.562. The number of aryl methyl sites for hydroxylation is 1. The van der Waals surface area contributed by atoms with Crippen molar-refractivity contribution in [3.05, 3.63) is 29.8 Å². The van der Waals surface area contributed by atoms with E-state index in [4.69, 9.17) is 0 Å². The molecule has 2 saturated heterocycles. The largest absolute Gasteiger partial charge is 0.312 e. The summed E-state index contributed by atoms with van der Waals surface area (Å²) in [4.78, 5) is 13.9. The normalized spacial score (nSPS) is 22.9. The number of nitrogens with one attached hydrogen (secondary N) is 1. The maximum Gasteiger partial charge on any atom is 0.279 e. The van der Waals surface area contributed by atoms with Crippen LogP contribution in [0.3, 0.4) is 0 Å². The molecule has 0 aromatic heterocycles. The second kappa shape index (κ2) is 6.59. The van der Waals surface area contributed by atoms with Crippen LogP contribution in [-0.2, 0) is 15.0 Å². The highest BCUT2D eigenvalue weighted by atomic mass is 32.2. The molecule has 2 heterocycles. The van der Waals surface area contributed by atoms with Gasteiger partial charge in [-0.1, -0.05) is 17.7 Å². The fourth-order valence-corrected chi connectivity index (χ4v) is 4.50. The van der Waals surface area contributed by atoms with E-state index in [9.17, 15) is 13.2 Å². The van der Waals surface area contributed by atoms with Gasteiger partial charge in [-0.3, -0.25) is 4.79 Å². The molecule has 1 aromatic rings. The molecule has 0 radical (unpaired) electrons. The molecule has 23 heavy (non-hydrogen) atoms. The van der Waals surface area contributed by atoms with Crippen molar-refractivity contribution < 1.29 is 13.2 Å². The molecule has 0 spiro atoms. The van der Waals surface area contributed by atoms with Crippen molar-refractivity contribution in [1.82, 2.24) is 9.03 Å². The van der Waals surface area contributed by atoms with Crippen LogP contribution in [0.15, 0.2) is 24.3 Å². The van der Waals surface area contributed by atoms with E-state index in [-0.39, 0.29) is 11.8 Å². The summed E-state index contributed by atoms with van der Waals surface area (Å²) in [6.45, 7) is 4.06. The maximum atomic E-state index is 12.2. The highest BCUT2D eigenvalue weighted by molar-refractivity contribution is 7.87. The molecular formula is C16H23N3O3S.